The van der Waals surface area contributed by atoms with Gasteiger partial charge in [0, 0.05) is 16.9 Å². The Bertz CT molecular complexity index is 434. The first kappa shape index (κ1) is 13.5. The van der Waals surface area contributed by atoms with Gasteiger partial charge in [-0.25, -0.2) is 0 Å². The quantitative estimate of drug-likeness (QED) is 0.342. The molecule has 1 rings (SSSR count). The molecule has 1 atom stereocenters. The van der Waals surface area contributed by atoms with E-state index >= 15 is 0 Å². The molecule has 17 heavy (non-hydrogen) atoms. The molecule has 0 aromatic heterocycles. The van der Waals surface area contributed by atoms with Crippen molar-refractivity contribution in [2.24, 2.45) is 10.9 Å². The van der Waals surface area contributed by atoms with Crippen LogP contribution in [0.2, 0.25) is 0 Å². The van der Waals surface area contributed by atoms with Crippen molar-refractivity contribution in [3.05, 3.63) is 34.3 Å². The largest absolute Gasteiger partial charge is 0.409 e. The number of carbonyl (C=O) groups is 1. The second-order valence-corrected chi connectivity index (χ2v) is 4.50. The van der Waals surface area contributed by atoms with Crippen molar-refractivity contribution in [2.45, 2.75) is 19.4 Å². The Kier molecular flexibility index (Phi) is 4.96. The van der Waals surface area contributed by atoms with Gasteiger partial charge in [-0.3, -0.25) is 4.79 Å². The molecule has 92 valence electrons. The summed E-state index contributed by atoms with van der Waals surface area (Å²) in [5.74, 6) is -0.111. The van der Waals surface area contributed by atoms with Crippen LogP contribution in [0.4, 0.5) is 0 Å². The van der Waals surface area contributed by atoms with Gasteiger partial charge in [-0.2, -0.15) is 0 Å². The molecule has 5 nitrogen and oxygen atoms in total. The van der Waals surface area contributed by atoms with Gasteiger partial charge in [0.25, 0.3) is 5.91 Å². The van der Waals surface area contributed by atoms with Crippen molar-refractivity contribution >= 4 is 27.7 Å². The van der Waals surface area contributed by atoms with Gasteiger partial charge in [-0.15, -0.1) is 0 Å². The van der Waals surface area contributed by atoms with Crippen molar-refractivity contribution < 1.29 is 10.0 Å². The monoisotopic (exact) mass is 299 g/mol. The van der Waals surface area contributed by atoms with Crippen LogP contribution in [0.5, 0.6) is 0 Å². The van der Waals surface area contributed by atoms with E-state index in [0.29, 0.717) is 12.0 Å². The van der Waals surface area contributed by atoms with Gasteiger partial charge < -0.3 is 16.3 Å². The standard InChI is InChI=1S/C11H14BrN3O2/c1-7(6-10(13)15-17)14-11(16)8-4-2-3-5-9(8)12/h2-5,7,17H,6H2,1H3,(H2,13,15)(H,14,16). The number of hydrogen-bond acceptors (Lipinski definition) is 3. The van der Waals surface area contributed by atoms with Crippen LogP contribution in [0.3, 0.4) is 0 Å². The van der Waals surface area contributed by atoms with Gasteiger partial charge >= 0.3 is 0 Å². The van der Waals surface area contributed by atoms with E-state index in [4.69, 9.17) is 10.9 Å². The number of amidine groups is 1. The minimum absolute atomic E-state index is 0.0879. The number of oxime groups is 1. The van der Waals surface area contributed by atoms with Crippen molar-refractivity contribution in [1.82, 2.24) is 5.32 Å². The lowest BCUT2D eigenvalue weighted by Gasteiger charge is -2.13. The number of benzene rings is 1. The second-order valence-electron chi connectivity index (χ2n) is 3.65. The summed E-state index contributed by atoms with van der Waals surface area (Å²) in [7, 11) is 0. The van der Waals surface area contributed by atoms with Crippen molar-refractivity contribution in [3.63, 3.8) is 0 Å². The fraction of sp³-hybridized carbons (Fsp3) is 0.273. The first-order valence-electron chi connectivity index (χ1n) is 5.06. The van der Waals surface area contributed by atoms with Crippen LogP contribution in [-0.4, -0.2) is 23.0 Å². The van der Waals surface area contributed by atoms with E-state index in [1.807, 2.05) is 6.07 Å². The Morgan fingerprint density at radius 2 is 2.24 bits per heavy atom. The van der Waals surface area contributed by atoms with Crippen LogP contribution in [0, 0.1) is 0 Å². The summed E-state index contributed by atoms with van der Waals surface area (Å²) in [6.07, 6.45) is 0.298. The number of carbonyl (C=O) groups excluding carboxylic acids is 1. The minimum Gasteiger partial charge on any atom is -0.409 e. The number of hydrogen-bond donors (Lipinski definition) is 3. The number of rotatable bonds is 4. The summed E-state index contributed by atoms with van der Waals surface area (Å²) in [6.45, 7) is 1.78. The van der Waals surface area contributed by atoms with Gasteiger partial charge in [0.2, 0.25) is 0 Å². The average molecular weight is 300 g/mol. The van der Waals surface area contributed by atoms with E-state index in [9.17, 15) is 4.79 Å². The Morgan fingerprint density at radius 1 is 1.59 bits per heavy atom. The van der Waals surface area contributed by atoms with Crippen LogP contribution < -0.4 is 11.1 Å². The van der Waals surface area contributed by atoms with E-state index in [1.165, 1.54) is 0 Å². The highest BCUT2D eigenvalue weighted by molar-refractivity contribution is 9.10. The molecule has 0 spiro atoms. The minimum atomic E-state index is -0.203. The molecule has 0 saturated heterocycles. The predicted molar refractivity (Wildman–Crippen MR) is 69.1 cm³/mol. The fourth-order valence-corrected chi connectivity index (χ4v) is 1.82. The Labute approximate surface area is 108 Å². The predicted octanol–water partition coefficient (Wildman–Crippen LogP) is 1.70. The Balaban J connectivity index is 2.64. The molecule has 1 aromatic rings. The lowest BCUT2D eigenvalue weighted by atomic mass is 10.1. The topological polar surface area (TPSA) is 87.7 Å². The number of amides is 1. The van der Waals surface area contributed by atoms with Crippen LogP contribution in [0.1, 0.15) is 23.7 Å². The molecule has 1 unspecified atom stereocenters. The SMILES string of the molecule is CC(CC(N)=NO)NC(=O)c1ccccc1Br. The zero-order chi connectivity index (χ0) is 12.8. The third-order valence-corrected chi connectivity index (χ3v) is 2.83. The van der Waals surface area contributed by atoms with Crippen molar-refractivity contribution in [1.29, 1.82) is 0 Å². The van der Waals surface area contributed by atoms with Crippen LogP contribution >= 0.6 is 15.9 Å². The van der Waals surface area contributed by atoms with Gasteiger partial charge in [-0.05, 0) is 35.0 Å². The summed E-state index contributed by atoms with van der Waals surface area (Å²) >= 11 is 3.30. The molecule has 6 heteroatoms. The lowest BCUT2D eigenvalue weighted by molar-refractivity contribution is 0.0940. The summed E-state index contributed by atoms with van der Waals surface area (Å²) < 4.78 is 0.730. The van der Waals surface area contributed by atoms with Gasteiger partial charge in [0.1, 0.15) is 5.84 Å². The molecular weight excluding hydrogens is 286 g/mol. The number of nitrogens with zero attached hydrogens (tertiary/aromatic N) is 1. The molecule has 1 aromatic carbocycles. The summed E-state index contributed by atoms with van der Waals surface area (Å²) in [6, 6.07) is 6.93. The molecule has 0 saturated carbocycles. The van der Waals surface area contributed by atoms with E-state index < -0.39 is 0 Å². The highest BCUT2D eigenvalue weighted by Crippen LogP contribution is 2.15. The lowest BCUT2D eigenvalue weighted by Crippen LogP contribution is -2.35. The number of nitrogens with one attached hydrogen (secondary N) is 1. The van der Waals surface area contributed by atoms with Crippen molar-refractivity contribution in [3.8, 4) is 0 Å². The Morgan fingerprint density at radius 3 is 2.82 bits per heavy atom. The van der Waals surface area contributed by atoms with E-state index in [0.717, 1.165) is 4.47 Å². The molecule has 0 bridgehead atoms. The van der Waals surface area contributed by atoms with Crippen LogP contribution in [0.25, 0.3) is 0 Å². The van der Waals surface area contributed by atoms with Crippen LogP contribution in [0.15, 0.2) is 33.9 Å². The zero-order valence-corrected chi connectivity index (χ0v) is 10.9. The first-order valence-corrected chi connectivity index (χ1v) is 5.85. The van der Waals surface area contributed by atoms with E-state index in [1.54, 1.807) is 25.1 Å². The molecule has 0 fully saturated rings. The maximum absolute atomic E-state index is 11.9. The number of nitrogens with two attached hydrogens (primary N) is 1. The molecule has 0 radical (unpaired) electrons. The van der Waals surface area contributed by atoms with Crippen LogP contribution in [-0.2, 0) is 0 Å². The maximum Gasteiger partial charge on any atom is 0.252 e. The summed E-state index contributed by atoms with van der Waals surface area (Å²) in [5.41, 5.74) is 5.91. The molecule has 4 N–H and O–H groups in total. The summed E-state index contributed by atoms with van der Waals surface area (Å²) in [4.78, 5) is 11.9. The van der Waals surface area contributed by atoms with Gasteiger partial charge in [-0.1, -0.05) is 17.3 Å². The summed E-state index contributed by atoms with van der Waals surface area (Å²) in [5, 5.41) is 14.0. The molecule has 0 aliphatic heterocycles. The highest BCUT2D eigenvalue weighted by atomic mass is 79.9. The van der Waals surface area contributed by atoms with E-state index in [2.05, 4.69) is 26.4 Å². The Hall–Kier alpha value is -1.56. The molecule has 0 heterocycles. The third kappa shape index (κ3) is 4.07. The highest BCUT2D eigenvalue weighted by Gasteiger charge is 2.13. The van der Waals surface area contributed by atoms with Crippen molar-refractivity contribution in [2.75, 3.05) is 0 Å². The molecule has 0 aliphatic rings. The third-order valence-electron chi connectivity index (χ3n) is 2.14. The van der Waals surface area contributed by atoms with E-state index in [-0.39, 0.29) is 17.8 Å². The zero-order valence-electron chi connectivity index (χ0n) is 9.35. The number of halogens is 1. The molecule has 0 aliphatic carbocycles. The van der Waals surface area contributed by atoms with Gasteiger partial charge in [0.05, 0.1) is 5.56 Å². The fourth-order valence-electron chi connectivity index (χ4n) is 1.35. The second kappa shape index (κ2) is 6.24. The van der Waals surface area contributed by atoms with Gasteiger partial charge in [0.15, 0.2) is 0 Å². The first-order chi connectivity index (χ1) is 8.04. The molecule has 1 amide bonds. The smallest absolute Gasteiger partial charge is 0.252 e. The average Bonchev–Trinajstić information content (AvgIpc) is 2.29. The molecular formula is C11H14BrN3O2. The maximum atomic E-state index is 11.9. The normalized spacial score (nSPS) is 13.2.